The fourth-order valence-electron chi connectivity index (χ4n) is 1.42. The van der Waals surface area contributed by atoms with Gasteiger partial charge in [-0.25, -0.2) is 0 Å². The third-order valence-electron chi connectivity index (χ3n) is 2.23. The van der Waals surface area contributed by atoms with Gasteiger partial charge < -0.3 is 0 Å². The van der Waals surface area contributed by atoms with Crippen LogP contribution in [0.2, 0.25) is 0 Å². The first-order valence-corrected chi connectivity index (χ1v) is 4.41. The second kappa shape index (κ2) is 2.82. The van der Waals surface area contributed by atoms with Gasteiger partial charge in [0.1, 0.15) is 0 Å². The fourth-order valence-corrected chi connectivity index (χ4v) is 1.76. The fraction of sp³-hybridized carbons (Fsp3) is 0.444. The second-order valence-electron chi connectivity index (χ2n) is 3.04. The van der Waals surface area contributed by atoms with E-state index in [0.717, 1.165) is 5.88 Å². The average Bonchev–Trinajstić information content (AvgIpc) is 2.85. The molecule has 1 nitrogen and oxygen atoms in total. The lowest BCUT2D eigenvalue weighted by molar-refractivity contribution is 0.917. The minimum atomic E-state index is 0.696. The van der Waals surface area contributed by atoms with Crippen molar-refractivity contribution in [3.05, 3.63) is 30.1 Å². The van der Waals surface area contributed by atoms with Crippen molar-refractivity contribution < 1.29 is 0 Å². The zero-order chi connectivity index (χ0) is 7.68. The maximum Gasteiger partial charge on any atom is 0.0302 e. The molecule has 1 fully saturated rings. The lowest BCUT2D eigenvalue weighted by Crippen LogP contribution is -1.84. The molecule has 2 heteroatoms. The van der Waals surface area contributed by atoms with Crippen LogP contribution in [0.4, 0.5) is 0 Å². The molecule has 2 rings (SSSR count). The Hall–Kier alpha value is -0.560. The van der Waals surface area contributed by atoms with Crippen LogP contribution in [0, 0.1) is 5.92 Å². The van der Waals surface area contributed by atoms with Crippen molar-refractivity contribution >= 4 is 11.6 Å². The first-order valence-electron chi connectivity index (χ1n) is 3.87. The summed E-state index contributed by atoms with van der Waals surface area (Å²) in [5.74, 6) is 2.20. The van der Waals surface area contributed by atoms with Crippen LogP contribution >= 0.6 is 11.6 Å². The molecule has 1 aromatic heterocycles. The maximum absolute atomic E-state index is 5.72. The van der Waals surface area contributed by atoms with Gasteiger partial charge in [0.25, 0.3) is 0 Å². The molecule has 0 spiro atoms. The van der Waals surface area contributed by atoms with Crippen LogP contribution in [-0.2, 0) is 0 Å². The Kier molecular flexibility index (Phi) is 1.82. The quantitative estimate of drug-likeness (QED) is 0.617. The summed E-state index contributed by atoms with van der Waals surface area (Å²) in [5.41, 5.74) is 1.35. The van der Waals surface area contributed by atoms with E-state index in [1.165, 1.54) is 12.0 Å². The summed E-state index contributed by atoms with van der Waals surface area (Å²) in [5, 5.41) is 0. The van der Waals surface area contributed by atoms with Crippen LogP contribution in [0.3, 0.4) is 0 Å². The highest BCUT2D eigenvalue weighted by molar-refractivity contribution is 6.18. The summed E-state index contributed by atoms with van der Waals surface area (Å²) < 4.78 is 0. The lowest BCUT2D eigenvalue weighted by Gasteiger charge is -1.95. The van der Waals surface area contributed by atoms with E-state index in [1.54, 1.807) is 0 Å². The number of halogens is 1. The molecule has 1 aromatic rings. The SMILES string of the molecule is ClCC1CC1c1cccnc1. The molecule has 0 bridgehead atoms. The van der Waals surface area contributed by atoms with Crippen molar-refractivity contribution in [2.24, 2.45) is 5.92 Å². The zero-order valence-corrected chi connectivity index (χ0v) is 6.96. The molecular weight excluding hydrogens is 158 g/mol. The molecule has 0 N–H and O–H groups in total. The summed E-state index contributed by atoms with van der Waals surface area (Å²) >= 11 is 5.72. The molecule has 1 saturated carbocycles. The van der Waals surface area contributed by atoms with E-state index in [4.69, 9.17) is 11.6 Å². The first-order chi connectivity index (χ1) is 5.42. The van der Waals surface area contributed by atoms with Crippen molar-refractivity contribution in [2.75, 3.05) is 5.88 Å². The standard InChI is InChI=1S/C9H10ClN/c10-5-8-4-9(8)7-2-1-3-11-6-7/h1-3,6,8-9H,4-5H2. The minimum Gasteiger partial charge on any atom is -0.264 e. The molecular formula is C9H10ClN. The van der Waals surface area contributed by atoms with Gasteiger partial charge in [-0.3, -0.25) is 4.98 Å². The van der Waals surface area contributed by atoms with E-state index < -0.39 is 0 Å². The molecule has 0 radical (unpaired) electrons. The monoisotopic (exact) mass is 167 g/mol. The largest absolute Gasteiger partial charge is 0.264 e. The first kappa shape index (κ1) is 7.11. The Balaban J connectivity index is 2.09. The summed E-state index contributed by atoms with van der Waals surface area (Å²) in [4.78, 5) is 4.07. The number of nitrogens with zero attached hydrogens (tertiary/aromatic N) is 1. The van der Waals surface area contributed by atoms with Gasteiger partial charge >= 0.3 is 0 Å². The summed E-state index contributed by atoms with van der Waals surface area (Å²) in [7, 11) is 0. The molecule has 11 heavy (non-hydrogen) atoms. The van der Waals surface area contributed by atoms with Crippen molar-refractivity contribution in [3.8, 4) is 0 Å². The number of alkyl halides is 1. The third-order valence-corrected chi connectivity index (χ3v) is 2.63. The molecule has 0 aromatic carbocycles. The molecule has 0 saturated heterocycles. The molecule has 0 aliphatic heterocycles. The molecule has 1 aliphatic rings. The van der Waals surface area contributed by atoms with Crippen LogP contribution in [0.15, 0.2) is 24.5 Å². The highest BCUT2D eigenvalue weighted by Gasteiger charge is 2.37. The summed E-state index contributed by atoms with van der Waals surface area (Å²) in [6, 6.07) is 4.11. The van der Waals surface area contributed by atoms with Crippen molar-refractivity contribution in [2.45, 2.75) is 12.3 Å². The van der Waals surface area contributed by atoms with Crippen molar-refractivity contribution in [3.63, 3.8) is 0 Å². The van der Waals surface area contributed by atoms with E-state index >= 15 is 0 Å². The zero-order valence-electron chi connectivity index (χ0n) is 6.20. The number of hydrogen-bond acceptors (Lipinski definition) is 1. The van der Waals surface area contributed by atoms with E-state index in [2.05, 4.69) is 11.1 Å². The van der Waals surface area contributed by atoms with Gasteiger partial charge in [0.15, 0.2) is 0 Å². The Morgan fingerprint density at radius 2 is 2.55 bits per heavy atom. The van der Waals surface area contributed by atoms with Gasteiger partial charge in [-0.2, -0.15) is 0 Å². The van der Waals surface area contributed by atoms with Gasteiger partial charge in [0, 0.05) is 18.3 Å². The average molecular weight is 168 g/mol. The molecule has 1 aliphatic carbocycles. The Morgan fingerprint density at radius 1 is 1.64 bits per heavy atom. The van der Waals surface area contributed by atoms with E-state index in [0.29, 0.717) is 11.8 Å². The molecule has 58 valence electrons. The molecule has 1 heterocycles. The lowest BCUT2D eigenvalue weighted by atomic mass is 10.2. The van der Waals surface area contributed by atoms with Crippen molar-refractivity contribution in [1.82, 2.24) is 4.98 Å². The van der Waals surface area contributed by atoms with Gasteiger partial charge in [0.05, 0.1) is 0 Å². The van der Waals surface area contributed by atoms with Crippen LogP contribution in [0.1, 0.15) is 17.9 Å². The van der Waals surface area contributed by atoms with E-state index in [1.807, 2.05) is 18.5 Å². The van der Waals surface area contributed by atoms with Gasteiger partial charge in [-0.1, -0.05) is 6.07 Å². The predicted octanol–water partition coefficient (Wildman–Crippen LogP) is 2.42. The minimum absolute atomic E-state index is 0.696. The van der Waals surface area contributed by atoms with Crippen LogP contribution < -0.4 is 0 Å². The van der Waals surface area contributed by atoms with E-state index in [-0.39, 0.29) is 0 Å². The number of aromatic nitrogens is 1. The van der Waals surface area contributed by atoms with Gasteiger partial charge in [-0.05, 0) is 29.9 Å². The van der Waals surface area contributed by atoms with Crippen molar-refractivity contribution in [1.29, 1.82) is 0 Å². The second-order valence-corrected chi connectivity index (χ2v) is 3.35. The Bertz CT molecular complexity index is 235. The van der Waals surface area contributed by atoms with E-state index in [9.17, 15) is 0 Å². The summed E-state index contributed by atoms with van der Waals surface area (Å²) in [6.07, 6.45) is 4.99. The smallest absolute Gasteiger partial charge is 0.0302 e. The highest BCUT2D eigenvalue weighted by Crippen LogP contribution is 2.47. The number of rotatable bonds is 2. The predicted molar refractivity (Wildman–Crippen MR) is 45.8 cm³/mol. The molecule has 0 amide bonds. The Morgan fingerprint density at radius 3 is 3.09 bits per heavy atom. The van der Waals surface area contributed by atoms with Gasteiger partial charge in [-0.15, -0.1) is 11.6 Å². The normalized spacial score (nSPS) is 28.5. The molecule has 2 unspecified atom stereocenters. The Labute approximate surface area is 71.4 Å². The highest BCUT2D eigenvalue weighted by atomic mass is 35.5. The van der Waals surface area contributed by atoms with Crippen LogP contribution in [0.25, 0.3) is 0 Å². The topological polar surface area (TPSA) is 12.9 Å². The summed E-state index contributed by atoms with van der Waals surface area (Å²) in [6.45, 7) is 0. The molecule has 2 atom stereocenters. The third kappa shape index (κ3) is 1.38. The number of hydrogen-bond donors (Lipinski definition) is 0. The maximum atomic E-state index is 5.72. The number of pyridine rings is 1. The van der Waals surface area contributed by atoms with Gasteiger partial charge in [0.2, 0.25) is 0 Å². The van der Waals surface area contributed by atoms with Crippen LogP contribution in [0.5, 0.6) is 0 Å². The van der Waals surface area contributed by atoms with Crippen LogP contribution in [-0.4, -0.2) is 10.9 Å².